The van der Waals surface area contributed by atoms with E-state index in [0.717, 1.165) is 10.6 Å². The molecule has 2 aliphatic heterocycles. The quantitative estimate of drug-likeness (QED) is 0.711. The van der Waals surface area contributed by atoms with Gasteiger partial charge in [-0.3, -0.25) is 19.3 Å². The third-order valence-electron chi connectivity index (χ3n) is 5.04. The highest BCUT2D eigenvalue weighted by Gasteiger charge is 2.36. The zero-order valence-electron chi connectivity index (χ0n) is 15.7. The molecular formula is C21H21N3O5. The molecule has 0 aliphatic carbocycles. The fraction of sp³-hybridized carbons (Fsp3) is 0.286. The zero-order valence-corrected chi connectivity index (χ0v) is 15.7. The molecule has 2 aromatic carbocycles. The molecule has 2 N–H and O–H groups in total. The predicted molar refractivity (Wildman–Crippen MR) is 106 cm³/mol. The van der Waals surface area contributed by atoms with Crippen LogP contribution in [0.15, 0.2) is 48.5 Å². The molecular weight excluding hydrogens is 374 g/mol. The van der Waals surface area contributed by atoms with E-state index < -0.39 is 6.04 Å². The summed E-state index contributed by atoms with van der Waals surface area (Å²) in [5.41, 5.74) is 2.25. The summed E-state index contributed by atoms with van der Waals surface area (Å²) in [4.78, 5) is 39.8. The molecule has 8 heteroatoms. The number of hydrogen-bond acceptors (Lipinski definition) is 6. The summed E-state index contributed by atoms with van der Waals surface area (Å²) in [6, 6.07) is 13.4. The van der Waals surface area contributed by atoms with Gasteiger partial charge in [0, 0.05) is 17.9 Å². The Labute approximate surface area is 167 Å². The molecule has 1 saturated heterocycles. The van der Waals surface area contributed by atoms with Crippen molar-refractivity contribution in [2.45, 2.75) is 6.04 Å². The van der Waals surface area contributed by atoms with E-state index >= 15 is 0 Å². The molecule has 29 heavy (non-hydrogen) atoms. The largest absolute Gasteiger partial charge is 0.394 e. The molecule has 0 bridgehead atoms. The number of hydrogen-bond donors (Lipinski definition) is 2. The first-order valence-electron chi connectivity index (χ1n) is 9.39. The van der Waals surface area contributed by atoms with Gasteiger partial charge in [0.05, 0.1) is 36.9 Å². The van der Waals surface area contributed by atoms with E-state index in [1.54, 1.807) is 41.3 Å². The summed E-state index contributed by atoms with van der Waals surface area (Å²) < 4.78 is 5.14. The number of benzene rings is 2. The second-order valence-corrected chi connectivity index (χ2v) is 6.94. The van der Waals surface area contributed by atoms with Crippen molar-refractivity contribution in [3.63, 3.8) is 0 Å². The van der Waals surface area contributed by atoms with Crippen molar-refractivity contribution in [2.75, 3.05) is 43.1 Å². The molecule has 1 atom stereocenters. The minimum atomic E-state index is -0.520. The smallest absolute Gasteiger partial charge is 0.261 e. The Hall–Kier alpha value is -3.23. The number of amides is 3. The summed E-state index contributed by atoms with van der Waals surface area (Å²) >= 11 is 0. The number of nitrogens with one attached hydrogen (secondary N) is 1. The Balaban J connectivity index is 1.43. The van der Waals surface area contributed by atoms with Crippen molar-refractivity contribution in [3.05, 3.63) is 59.7 Å². The van der Waals surface area contributed by atoms with Gasteiger partial charge in [-0.1, -0.05) is 12.1 Å². The maximum atomic E-state index is 12.5. The maximum absolute atomic E-state index is 12.5. The van der Waals surface area contributed by atoms with Crippen molar-refractivity contribution in [3.8, 4) is 0 Å². The number of anilines is 2. The fourth-order valence-corrected chi connectivity index (χ4v) is 3.54. The van der Waals surface area contributed by atoms with Gasteiger partial charge >= 0.3 is 0 Å². The molecule has 0 spiro atoms. The maximum Gasteiger partial charge on any atom is 0.261 e. The number of carbonyl (C=O) groups is 3. The monoisotopic (exact) mass is 395 g/mol. The summed E-state index contributed by atoms with van der Waals surface area (Å²) in [6.45, 7) is 0.875. The Bertz CT molecular complexity index is 909. The van der Waals surface area contributed by atoms with E-state index in [9.17, 15) is 19.5 Å². The van der Waals surface area contributed by atoms with Crippen molar-refractivity contribution < 1.29 is 24.2 Å². The Kier molecular flexibility index (Phi) is 5.28. The summed E-state index contributed by atoms with van der Waals surface area (Å²) in [5.74, 6) is -0.796. The predicted octanol–water partition coefficient (Wildman–Crippen LogP) is 1.12. The second kappa shape index (κ2) is 8.02. The normalized spacial score (nSPS) is 17.5. The highest BCUT2D eigenvalue weighted by atomic mass is 16.5. The molecule has 8 nitrogen and oxygen atoms in total. The third-order valence-corrected chi connectivity index (χ3v) is 5.04. The molecule has 0 radical (unpaired) electrons. The van der Waals surface area contributed by atoms with Crippen LogP contribution in [-0.4, -0.2) is 66.7 Å². The lowest BCUT2D eigenvalue weighted by molar-refractivity contribution is -0.125. The van der Waals surface area contributed by atoms with Crippen LogP contribution in [0.25, 0.3) is 0 Å². The Morgan fingerprint density at radius 2 is 1.66 bits per heavy atom. The number of fused-ring (bicyclic) bond motifs is 1. The number of ether oxygens (including phenoxy) is 1. The lowest BCUT2D eigenvalue weighted by Crippen LogP contribution is -2.42. The number of nitrogens with zero attached hydrogens (tertiary/aromatic N) is 2. The number of carbonyl (C=O) groups excluding carboxylic acids is 3. The van der Waals surface area contributed by atoms with Gasteiger partial charge in [-0.15, -0.1) is 0 Å². The van der Waals surface area contributed by atoms with Crippen LogP contribution >= 0.6 is 0 Å². The van der Waals surface area contributed by atoms with Gasteiger partial charge in [0.15, 0.2) is 0 Å². The summed E-state index contributed by atoms with van der Waals surface area (Å²) in [5, 5.41) is 12.9. The molecule has 1 unspecified atom stereocenters. The van der Waals surface area contributed by atoms with Crippen LogP contribution < -0.4 is 10.2 Å². The van der Waals surface area contributed by atoms with E-state index in [-0.39, 0.29) is 37.5 Å². The van der Waals surface area contributed by atoms with Crippen molar-refractivity contribution in [1.29, 1.82) is 0 Å². The topological polar surface area (TPSA) is 99.2 Å². The highest BCUT2D eigenvalue weighted by molar-refractivity contribution is 6.21. The van der Waals surface area contributed by atoms with Crippen LogP contribution in [0.5, 0.6) is 0 Å². The molecule has 2 aromatic rings. The molecule has 1 fully saturated rings. The fourth-order valence-electron chi connectivity index (χ4n) is 3.54. The lowest BCUT2D eigenvalue weighted by atomic mass is 10.1. The van der Waals surface area contributed by atoms with Gasteiger partial charge in [0.1, 0.15) is 6.61 Å². The van der Waals surface area contributed by atoms with E-state index in [4.69, 9.17) is 4.74 Å². The minimum Gasteiger partial charge on any atom is -0.394 e. The average molecular weight is 395 g/mol. The zero-order chi connectivity index (χ0) is 20.4. The van der Waals surface area contributed by atoms with Crippen molar-refractivity contribution in [1.82, 2.24) is 4.90 Å². The van der Waals surface area contributed by atoms with Crippen LogP contribution in [0.4, 0.5) is 11.4 Å². The molecule has 2 aliphatic rings. The van der Waals surface area contributed by atoms with Crippen LogP contribution in [0.1, 0.15) is 20.7 Å². The number of imide groups is 1. The lowest BCUT2D eigenvalue weighted by Gasteiger charge is -2.27. The number of aliphatic hydroxyl groups is 1. The van der Waals surface area contributed by atoms with Crippen molar-refractivity contribution >= 4 is 29.1 Å². The highest BCUT2D eigenvalue weighted by Crippen LogP contribution is 2.24. The van der Waals surface area contributed by atoms with Gasteiger partial charge in [-0.25, -0.2) is 0 Å². The molecule has 2 heterocycles. The van der Waals surface area contributed by atoms with Gasteiger partial charge < -0.3 is 20.1 Å². The first-order valence-corrected chi connectivity index (χ1v) is 9.39. The SMILES string of the molecule is O=C1c2ccccc2C(=O)N1CC(CO)Nc1ccc(N2CCOCC2=O)cc1. The third kappa shape index (κ3) is 3.72. The van der Waals surface area contributed by atoms with Gasteiger partial charge in [-0.05, 0) is 36.4 Å². The molecule has 0 aromatic heterocycles. The first-order chi connectivity index (χ1) is 14.1. The number of morpholine rings is 1. The molecule has 3 amide bonds. The van der Waals surface area contributed by atoms with Gasteiger partial charge in [-0.2, -0.15) is 0 Å². The van der Waals surface area contributed by atoms with Gasteiger partial charge in [0.25, 0.3) is 17.7 Å². The van der Waals surface area contributed by atoms with E-state index in [2.05, 4.69) is 5.32 Å². The molecule has 0 saturated carbocycles. The van der Waals surface area contributed by atoms with E-state index in [1.165, 1.54) is 0 Å². The van der Waals surface area contributed by atoms with Gasteiger partial charge in [0.2, 0.25) is 0 Å². The summed E-state index contributed by atoms with van der Waals surface area (Å²) in [7, 11) is 0. The average Bonchev–Trinajstić information content (AvgIpc) is 2.99. The van der Waals surface area contributed by atoms with Crippen LogP contribution in [0.3, 0.4) is 0 Å². The van der Waals surface area contributed by atoms with E-state index in [0.29, 0.717) is 30.0 Å². The number of rotatable bonds is 6. The molecule has 150 valence electrons. The molecule has 4 rings (SSSR count). The Morgan fingerprint density at radius 1 is 1.00 bits per heavy atom. The van der Waals surface area contributed by atoms with Crippen LogP contribution in [0.2, 0.25) is 0 Å². The van der Waals surface area contributed by atoms with Crippen LogP contribution in [-0.2, 0) is 9.53 Å². The first kappa shape index (κ1) is 19.1. The summed E-state index contributed by atoms with van der Waals surface area (Å²) in [6.07, 6.45) is 0. The Morgan fingerprint density at radius 3 is 2.24 bits per heavy atom. The second-order valence-electron chi connectivity index (χ2n) is 6.94. The van der Waals surface area contributed by atoms with E-state index in [1.807, 2.05) is 12.1 Å². The minimum absolute atomic E-state index is 0.0482. The van der Waals surface area contributed by atoms with Crippen LogP contribution in [0, 0.1) is 0 Å². The standard InChI is InChI=1S/C21H21N3O5/c25-12-15(11-24-20(27)17-3-1-2-4-18(17)21(24)28)22-14-5-7-16(8-6-14)23-9-10-29-13-19(23)26/h1-8,15,22,25H,9-13H2. The number of aliphatic hydroxyl groups excluding tert-OH is 1. The van der Waals surface area contributed by atoms with Crippen molar-refractivity contribution in [2.24, 2.45) is 0 Å².